The van der Waals surface area contributed by atoms with E-state index in [2.05, 4.69) is 4.74 Å². The number of morpholine rings is 1. The molecule has 1 amide bonds. The second kappa shape index (κ2) is 4.06. The highest BCUT2D eigenvalue weighted by Crippen LogP contribution is 2.04. The molecule has 1 fully saturated rings. The van der Waals surface area contributed by atoms with Gasteiger partial charge in [0.25, 0.3) is 0 Å². The Bertz CT molecular complexity index is 182. The molecule has 1 atom stereocenters. The van der Waals surface area contributed by atoms with Crippen LogP contribution in [0.15, 0.2) is 0 Å². The molecule has 0 saturated carbocycles. The molecule has 1 saturated heterocycles. The van der Waals surface area contributed by atoms with E-state index in [4.69, 9.17) is 4.74 Å². The second-order valence-electron chi connectivity index (χ2n) is 2.46. The highest BCUT2D eigenvalue weighted by Gasteiger charge is 2.23. The van der Waals surface area contributed by atoms with Crippen molar-refractivity contribution in [1.29, 1.82) is 0 Å². The van der Waals surface area contributed by atoms with Gasteiger partial charge in [0.2, 0.25) is 0 Å². The van der Waals surface area contributed by atoms with Crippen LogP contribution in [0.2, 0.25) is 0 Å². The number of amides is 1. The van der Waals surface area contributed by atoms with E-state index in [0.717, 1.165) is 0 Å². The third-order valence-corrected chi connectivity index (χ3v) is 1.68. The summed E-state index contributed by atoms with van der Waals surface area (Å²) in [7, 11) is 1.31. The summed E-state index contributed by atoms with van der Waals surface area (Å²) in [5, 5.41) is 0. The van der Waals surface area contributed by atoms with Crippen molar-refractivity contribution in [2.75, 3.05) is 26.8 Å². The number of hydrogen-bond acceptors (Lipinski definition) is 4. The van der Waals surface area contributed by atoms with Crippen LogP contribution < -0.4 is 0 Å². The lowest BCUT2D eigenvalue weighted by molar-refractivity contribution is -0.122. The number of carbonyl (C=O) groups is 2. The number of nitrogens with zero attached hydrogens (tertiary/aromatic N) is 1. The third-order valence-electron chi connectivity index (χ3n) is 1.68. The zero-order chi connectivity index (χ0) is 8.97. The van der Waals surface area contributed by atoms with Gasteiger partial charge in [-0.15, -0.1) is 0 Å². The van der Waals surface area contributed by atoms with E-state index in [1.54, 1.807) is 0 Å². The number of carbonyl (C=O) groups excluding carboxylic acids is 2. The predicted octanol–water partition coefficient (Wildman–Crippen LogP) is -0.348. The fraction of sp³-hybridized carbons (Fsp3) is 0.714. The Balaban J connectivity index is 2.45. The lowest BCUT2D eigenvalue weighted by Crippen LogP contribution is -2.46. The molecule has 1 heterocycles. The summed E-state index contributed by atoms with van der Waals surface area (Å²) in [4.78, 5) is 22.7. The molecule has 5 nitrogen and oxygen atoms in total. The maximum atomic E-state index is 11.0. The SMILES string of the molecule is COC(=O)N1CCOC(C=O)C1. The molecule has 1 aliphatic heterocycles. The van der Waals surface area contributed by atoms with Crippen LogP contribution in [0.5, 0.6) is 0 Å². The van der Waals surface area contributed by atoms with E-state index in [1.165, 1.54) is 12.0 Å². The van der Waals surface area contributed by atoms with Gasteiger partial charge in [0.05, 0.1) is 20.3 Å². The summed E-state index contributed by atoms with van der Waals surface area (Å²) >= 11 is 0. The first-order valence-corrected chi connectivity index (χ1v) is 3.67. The van der Waals surface area contributed by atoms with Crippen molar-refractivity contribution in [1.82, 2.24) is 4.90 Å². The molecule has 0 aromatic rings. The van der Waals surface area contributed by atoms with Gasteiger partial charge in [-0.25, -0.2) is 4.79 Å². The summed E-state index contributed by atoms with van der Waals surface area (Å²) in [6.07, 6.45) is -0.224. The number of rotatable bonds is 1. The van der Waals surface area contributed by atoms with Crippen LogP contribution in [0.4, 0.5) is 4.79 Å². The molecule has 0 N–H and O–H groups in total. The molecular weight excluding hydrogens is 162 g/mol. The Hall–Kier alpha value is -1.10. The smallest absolute Gasteiger partial charge is 0.409 e. The first-order chi connectivity index (χ1) is 5.77. The highest BCUT2D eigenvalue weighted by atomic mass is 16.5. The average molecular weight is 173 g/mol. The Morgan fingerprint density at radius 1 is 1.75 bits per heavy atom. The predicted molar refractivity (Wildman–Crippen MR) is 39.8 cm³/mol. The van der Waals surface area contributed by atoms with Gasteiger partial charge < -0.3 is 19.2 Å². The van der Waals surface area contributed by atoms with Crippen LogP contribution in [0.25, 0.3) is 0 Å². The molecule has 0 spiro atoms. The van der Waals surface area contributed by atoms with Gasteiger partial charge in [0.15, 0.2) is 6.29 Å². The van der Waals surface area contributed by atoms with Gasteiger partial charge in [-0.2, -0.15) is 0 Å². The van der Waals surface area contributed by atoms with Crippen molar-refractivity contribution in [3.8, 4) is 0 Å². The largest absolute Gasteiger partial charge is 0.453 e. The molecule has 0 aromatic carbocycles. The van der Waals surface area contributed by atoms with Crippen molar-refractivity contribution >= 4 is 12.4 Å². The number of hydrogen-bond donors (Lipinski definition) is 0. The van der Waals surface area contributed by atoms with Gasteiger partial charge in [-0.3, -0.25) is 0 Å². The van der Waals surface area contributed by atoms with Gasteiger partial charge >= 0.3 is 6.09 Å². The van der Waals surface area contributed by atoms with E-state index < -0.39 is 12.2 Å². The number of ether oxygens (including phenoxy) is 2. The minimum Gasteiger partial charge on any atom is -0.453 e. The number of aldehydes is 1. The lowest BCUT2D eigenvalue weighted by Gasteiger charge is -2.28. The third kappa shape index (κ3) is 1.94. The van der Waals surface area contributed by atoms with Crippen LogP contribution in [0.3, 0.4) is 0 Å². The van der Waals surface area contributed by atoms with E-state index in [0.29, 0.717) is 19.4 Å². The van der Waals surface area contributed by atoms with Crippen molar-refractivity contribution in [3.63, 3.8) is 0 Å². The molecule has 68 valence electrons. The van der Waals surface area contributed by atoms with E-state index in [-0.39, 0.29) is 6.54 Å². The topological polar surface area (TPSA) is 55.8 Å². The van der Waals surface area contributed by atoms with Crippen LogP contribution in [-0.2, 0) is 14.3 Å². The molecule has 0 radical (unpaired) electrons. The molecule has 0 bridgehead atoms. The van der Waals surface area contributed by atoms with Crippen molar-refractivity contribution in [2.24, 2.45) is 0 Å². The van der Waals surface area contributed by atoms with Crippen molar-refractivity contribution in [3.05, 3.63) is 0 Å². The van der Waals surface area contributed by atoms with Gasteiger partial charge in [-0.05, 0) is 0 Å². The maximum Gasteiger partial charge on any atom is 0.409 e. The first kappa shape index (κ1) is 8.99. The Morgan fingerprint density at radius 2 is 2.50 bits per heavy atom. The second-order valence-corrected chi connectivity index (χ2v) is 2.46. The minimum atomic E-state index is -0.502. The van der Waals surface area contributed by atoms with Crippen molar-refractivity contribution < 1.29 is 19.1 Å². The van der Waals surface area contributed by atoms with Crippen LogP contribution in [-0.4, -0.2) is 50.2 Å². The van der Waals surface area contributed by atoms with Gasteiger partial charge in [0, 0.05) is 6.54 Å². The minimum absolute atomic E-state index is 0.288. The Kier molecular flexibility index (Phi) is 3.04. The number of methoxy groups -OCH3 is 1. The molecule has 0 aromatic heterocycles. The highest BCUT2D eigenvalue weighted by molar-refractivity contribution is 5.68. The van der Waals surface area contributed by atoms with Crippen LogP contribution in [0.1, 0.15) is 0 Å². The van der Waals surface area contributed by atoms with E-state index in [1.807, 2.05) is 0 Å². The fourth-order valence-corrected chi connectivity index (χ4v) is 1.05. The Labute approximate surface area is 70.2 Å². The molecular formula is C7H11NO4. The van der Waals surface area contributed by atoms with Gasteiger partial charge in [0.1, 0.15) is 6.10 Å². The van der Waals surface area contributed by atoms with Gasteiger partial charge in [-0.1, -0.05) is 0 Å². The van der Waals surface area contributed by atoms with E-state index in [9.17, 15) is 9.59 Å². The first-order valence-electron chi connectivity index (χ1n) is 3.67. The molecule has 12 heavy (non-hydrogen) atoms. The maximum absolute atomic E-state index is 11.0. The zero-order valence-electron chi connectivity index (χ0n) is 6.86. The molecule has 5 heteroatoms. The summed E-state index contributed by atoms with van der Waals surface area (Å²) in [5.74, 6) is 0. The molecule has 0 aliphatic carbocycles. The van der Waals surface area contributed by atoms with Crippen LogP contribution >= 0.6 is 0 Å². The normalized spacial score (nSPS) is 23.4. The molecule has 1 aliphatic rings. The quantitative estimate of drug-likeness (QED) is 0.509. The summed E-state index contributed by atoms with van der Waals surface area (Å²) in [6, 6.07) is 0. The fourth-order valence-electron chi connectivity index (χ4n) is 1.05. The standard InChI is InChI=1S/C7H11NO4/c1-11-7(10)8-2-3-12-6(4-8)5-9/h5-6H,2-4H2,1H3. The van der Waals surface area contributed by atoms with Crippen molar-refractivity contribution in [2.45, 2.75) is 6.10 Å². The summed E-state index contributed by atoms with van der Waals surface area (Å²) in [6.45, 7) is 1.16. The zero-order valence-corrected chi connectivity index (χ0v) is 6.86. The Morgan fingerprint density at radius 3 is 3.08 bits per heavy atom. The summed E-state index contributed by atoms with van der Waals surface area (Å²) < 4.78 is 9.53. The monoisotopic (exact) mass is 173 g/mol. The summed E-state index contributed by atoms with van der Waals surface area (Å²) in [5.41, 5.74) is 0. The van der Waals surface area contributed by atoms with E-state index >= 15 is 0 Å². The average Bonchev–Trinajstić information content (AvgIpc) is 2.17. The van der Waals surface area contributed by atoms with Crippen LogP contribution in [0, 0.1) is 0 Å². The molecule has 1 rings (SSSR count). The molecule has 1 unspecified atom stereocenters. The lowest BCUT2D eigenvalue weighted by atomic mass is 10.3.